The van der Waals surface area contributed by atoms with Crippen molar-refractivity contribution in [1.82, 2.24) is 4.90 Å². The monoisotopic (exact) mass is 512 g/mol. The summed E-state index contributed by atoms with van der Waals surface area (Å²) in [6, 6.07) is 20.0. The molecule has 0 atom stereocenters. The standard InChI is InChI=1S/C24H22N4O2.C2HF3O2/c25-23(26)21-5-3-4-20(16-21)17-11-14-27(15-12-17)24(29)19-9-7-18(8-10-19)22-6-1-2-13-28(22)30;3-2(4,5)1(6)7/h1-11,13,16H,12,14-15H2,(H3,25,26);(H,6,7). The first-order valence-electron chi connectivity index (χ1n) is 11.0. The van der Waals surface area contributed by atoms with Crippen LogP contribution >= 0.6 is 0 Å². The van der Waals surface area contributed by atoms with Crippen LogP contribution in [0, 0.1) is 10.6 Å². The van der Waals surface area contributed by atoms with E-state index in [1.54, 1.807) is 36.4 Å². The number of carbonyl (C=O) groups excluding carboxylic acids is 1. The molecule has 3 aromatic rings. The molecule has 4 N–H and O–H groups in total. The van der Waals surface area contributed by atoms with Crippen molar-refractivity contribution in [3.63, 3.8) is 0 Å². The number of aromatic nitrogens is 1. The Morgan fingerprint density at radius 3 is 2.22 bits per heavy atom. The van der Waals surface area contributed by atoms with Crippen molar-refractivity contribution in [3.8, 4) is 11.3 Å². The Morgan fingerprint density at radius 2 is 1.68 bits per heavy atom. The Kier molecular flexibility index (Phi) is 8.28. The Morgan fingerprint density at radius 1 is 1.00 bits per heavy atom. The molecule has 0 saturated heterocycles. The van der Waals surface area contributed by atoms with Crippen molar-refractivity contribution in [3.05, 3.63) is 101 Å². The molecule has 0 radical (unpaired) electrons. The van der Waals surface area contributed by atoms with E-state index in [1.165, 1.54) is 6.20 Å². The first kappa shape index (κ1) is 26.9. The number of carboxylic acids is 1. The molecule has 2 aromatic carbocycles. The van der Waals surface area contributed by atoms with Crippen LogP contribution < -0.4 is 10.5 Å². The third-order valence-electron chi connectivity index (χ3n) is 5.53. The van der Waals surface area contributed by atoms with E-state index < -0.39 is 12.1 Å². The number of pyridine rings is 1. The van der Waals surface area contributed by atoms with Gasteiger partial charge in [0.25, 0.3) is 5.91 Å². The largest absolute Gasteiger partial charge is 0.618 e. The van der Waals surface area contributed by atoms with Crippen molar-refractivity contribution in [2.45, 2.75) is 12.6 Å². The van der Waals surface area contributed by atoms with Gasteiger partial charge in [0, 0.05) is 41.9 Å². The lowest BCUT2D eigenvalue weighted by Gasteiger charge is -2.27. The number of benzene rings is 2. The lowest BCUT2D eigenvalue weighted by atomic mass is 9.97. The minimum atomic E-state index is -5.08. The first-order chi connectivity index (χ1) is 17.5. The van der Waals surface area contributed by atoms with Gasteiger partial charge >= 0.3 is 12.1 Å². The van der Waals surface area contributed by atoms with Crippen LogP contribution in [0.3, 0.4) is 0 Å². The highest BCUT2D eigenvalue weighted by atomic mass is 19.4. The maximum Gasteiger partial charge on any atom is 0.490 e. The number of hydrogen-bond acceptors (Lipinski definition) is 4. The molecule has 192 valence electrons. The molecular formula is C26H23F3N4O4. The van der Waals surface area contributed by atoms with Gasteiger partial charge < -0.3 is 20.9 Å². The van der Waals surface area contributed by atoms with Crippen LogP contribution in [-0.2, 0) is 4.79 Å². The van der Waals surface area contributed by atoms with Gasteiger partial charge in [0.2, 0.25) is 5.69 Å². The number of aliphatic carboxylic acids is 1. The topological polar surface area (TPSA) is 134 Å². The molecule has 0 unspecified atom stereocenters. The smallest absolute Gasteiger partial charge is 0.490 e. The summed E-state index contributed by atoms with van der Waals surface area (Å²) in [6.07, 6.45) is -0.830. The molecule has 37 heavy (non-hydrogen) atoms. The normalized spacial score (nSPS) is 13.2. The molecule has 8 nitrogen and oxygen atoms in total. The number of hydrogen-bond donors (Lipinski definition) is 3. The van der Waals surface area contributed by atoms with Gasteiger partial charge in [-0.2, -0.15) is 17.9 Å². The van der Waals surface area contributed by atoms with Crippen LogP contribution in [0.1, 0.15) is 27.9 Å². The number of amidine groups is 1. The molecular weight excluding hydrogens is 489 g/mol. The fourth-order valence-electron chi connectivity index (χ4n) is 3.62. The summed E-state index contributed by atoms with van der Waals surface area (Å²) in [7, 11) is 0. The maximum absolute atomic E-state index is 12.9. The van der Waals surface area contributed by atoms with Gasteiger partial charge in [0.15, 0.2) is 6.20 Å². The average Bonchev–Trinajstić information content (AvgIpc) is 2.89. The van der Waals surface area contributed by atoms with Gasteiger partial charge in [-0.15, -0.1) is 0 Å². The molecule has 2 heterocycles. The molecule has 1 aliphatic heterocycles. The van der Waals surface area contributed by atoms with Gasteiger partial charge in [-0.1, -0.05) is 24.3 Å². The van der Waals surface area contributed by atoms with Crippen LogP contribution in [0.4, 0.5) is 13.2 Å². The van der Waals surface area contributed by atoms with E-state index in [1.807, 2.05) is 35.2 Å². The highest BCUT2D eigenvalue weighted by Crippen LogP contribution is 2.24. The van der Waals surface area contributed by atoms with Crippen molar-refractivity contribution in [2.75, 3.05) is 13.1 Å². The number of nitrogens with zero attached hydrogens (tertiary/aromatic N) is 2. The number of alkyl halides is 3. The van der Waals surface area contributed by atoms with Gasteiger partial charge in [0.05, 0.1) is 0 Å². The second-order valence-corrected chi connectivity index (χ2v) is 8.02. The predicted octanol–water partition coefficient (Wildman–Crippen LogP) is 3.83. The molecule has 0 fully saturated rings. The maximum atomic E-state index is 12.9. The fourth-order valence-corrected chi connectivity index (χ4v) is 3.62. The summed E-state index contributed by atoms with van der Waals surface area (Å²) in [4.78, 5) is 23.6. The van der Waals surface area contributed by atoms with E-state index in [2.05, 4.69) is 6.08 Å². The molecule has 1 aliphatic rings. The van der Waals surface area contributed by atoms with Crippen molar-refractivity contribution < 1.29 is 32.6 Å². The number of rotatable bonds is 4. The van der Waals surface area contributed by atoms with Crippen LogP contribution in [0.15, 0.2) is 79.0 Å². The third kappa shape index (κ3) is 6.94. The number of nitrogen functional groups attached to an aromatic ring is 1. The Balaban J connectivity index is 0.000000479. The lowest BCUT2D eigenvalue weighted by Crippen LogP contribution is -2.34. The molecule has 0 aliphatic carbocycles. The number of carbonyl (C=O) groups is 2. The highest BCUT2D eigenvalue weighted by molar-refractivity contribution is 5.96. The van der Waals surface area contributed by atoms with Crippen molar-refractivity contribution in [1.29, 1.82) is 5.41 Å². The molecule has 0 bridgehead atoms. The van der Waals surface area contributed by atoms with Crippen LogP contribution in [0.25, 0.3) is 16.8 Å². The number of halogens is 3. The lowest BCUT2D eigenvalue weighted by molar-refractivity contribution is -0.593. The van der Waals surface area contributed by atoms with E-state index in [9.17, 15) is 23.2 Å². The van der Waals surface area contributed by atoms with E-state index in [-0.39, 0.29) is 11.7 Å². The van der Waals surface area contributed by atoms with Gasteiger partial charge in [0.1, 0.15) is 5.84 Å². The molecule has 0 spiro atoms. The number of nitrogens with two attached hydrogens (primary N) is 1. The molecule has 1 aromatic heterocycles. The highest BCUT2D eigenvalue weighted by Gasteiger charge is 2.38. The minimum Gasteiger partial charge on any atom is -0.618 e. The van der Waals surface area contributed by atoms with E-state index >= 15 is 0 Å². The zero-order chi connectivity index (χ0) is 27.2. The number of carboxylic acid groups (broad SMARTS) is 1. The predicted molar refractivity (Wildman–Crippen MR) is 130 cm³/mol. The van der Waals surface area contributed by atoms with E-state index in [4.69, 9.17) is 21.0 Å². The Bertz CT molecular complexity index is 1340. The van der Waals surface area contributed by atoms with E-state index in [0.717, 1.165) is 27.9 Å². The van der Waals surface area contributed by atoms with Crippen molar-refractivity contribution >= 4 is 23.3 Å². The summed E-state index contributed by atoms with van der Waals surface area (Å²) in [5.74, 6) is -2.74. The average molecular weight is 512 g/mol. The first-order valence-corrected chi connectivity index (χ1v) is 11.0. The molecule has 11 heteroatoms. The second-order valence-electron chi connectivity index (χ2n) is 8.02. The fraction of sp³-hybridized carbons (Fsp3) is 0.154. The second kappa shape index (κ2) is 11.4. The van der Waals surface area contributed by atoms with Crippen LogP contribution in [0.5, 0.6) is 0 Å². The summed E-state index contributed by atoms with van der Waals surface area (Å²) >= 11 is 0. The van der Waals surface area contributed by atoms with E-state index in [0.29, 0.717) is 29.9 Å². The van der Waals surface area contributed by atoms with Crippen molar-refractivity contribution in [2.24, 2.45) is 5.73 Å². The Hall–Kier alpha value is -4.67. The minimum absolute atomic E-state index is 0.0302. The quantitative estimate of drug-likeness (QED) is 0.211. The van der Waals surface area contributed by atoms with Gasteiger partial charge in [-0.05, 0) is 54.0 Å². The van der Waals surface area contributed by atoms with Gasteiger partial charge in [-0.3, -0.25) is 10.2 Å². The summed E-state index contributed by atoms with van der Waals surface area (Å²) < 4.78 is 32.6. The molecule has 4 rings (SSSR count). The third-order valence-corrected chi connectivity index (χ3v) is 5.53. The van der Waals surface area contributed by atoms with Crippen LogP contribution in [-0.4, -0.2) is 47.0 Å². The van der Waals surface area contributed by atoms with Crippen LogP contribution in [0.2, 0.25) is 0 Å². The summed E-state index contributed by atoms with van der Waals surface area (Å²) in [6.45, 7) is 1.15. The van der Waals surface area contributed by atoms with Gasteiger partial charge in [-0.25, -0.2) is 4.79 Å². The number of nitrogens with one attached hydrogen (secondary N) is 1. The summed E-state index contributed by atoms with van der Waals surface area (Å²) in [5, 5.41) is 26.6. The summed E-state index contributed by atoms with van der Waals surface area (Å²) in [5.41, 5.74) is 10.4. The number of amides is 1. The molecule has 1 amide bonds. The zero-order valence-electron chi connectivity index (χ0n) is 19.4. The Labute approximate surface area is 210 Å². The SMILES string of the molecule is N=C(N)c1cccc(C2=CCN(C(=O)c3ccc(-c4cccc[n+]4[O-])cc3)CC2)c1.O=C(O)C(F)(F)F. The molecule has 0 saturated carbocycles. The zero-order valence-corrected chi connectivity index (χ0v) is 19.4.